The molecule has 0 atom stereocenters. The van der Waals surface area contributed by atoms with Gasteiger partial charge in [-0.3, -0.25) is 0 Å². The summed E-state index contributed by atoms with van der Waals surface area (Å²) < 4.78 is 28.2. The van der Waals surface area contributed by atoms with Crippen LogP contribution in [0.5, 0.6) is 0 Å². The van der Waals surface area contributed by atoms with Gasteiger partial charge in [0.2, 0.25) is 0 Å². The predicted octanol–water partition coefficient (Wildman–Crippen LogP) is 0.511. The van der Waals surface area contributed by atoms with E-state index in [4.69, 9.17) is 5.73 Å². The third-order valence-electron chi connectivity index (χ3n) is 2.48. The minimum absolute atomic E-state index is 0. The Morgan fingerprint density at radius 1 is 1.19 bits per heavy atom. The SMILES string of the molecule is CC(C)NS(=O)(=O)NC1CCC(N)CC1.Cl. The fourth-order valence-electron chi connectivity index (χ4n) is 1.80. The topological polar surface area (TPSA) is 84.2 Å². The molecule has 0 radical (unpaired) electrons. The van der Waals surface area contributed by atoms with Crippen LogP contribution in [0.25, 0.3) is 0 Å². The molecule has 1 aliphatic carbocycles. The van der Waals surface area contributed by atoms with Gasteiger partial charge in [0.05, 0.1) is 0 Å². The molecule has 98 valence electrons. The third-order valence-corrected chi connectivity index (χ3v) is 3.91. The molecule has 0 bridgehead atoms. The molecule has 1 fully saturated rings. The Balaban J connectivity index is 0.00000225. The van der Waals surface area contributed by atoms with Gasteiger partial charge < -0.3 is 5.73 Å². The van der Waals surface area contributed by atoms with Gasteiger partial charge in [-0.2, -0.15) is 17.9 Å². The summed E-state index contributed by atoms with van der Waals surface area (Å²) in [4.78, 5) is 0. The highest BCUT2D eigenvalue weighted by Gasteiger charge is 2.23. The van der Waals surface area contributed by atoms with E-state index in [0.29, 0.717) is 0 Å². The Hall–Kier alpha value is 0.120. The molecule has 16 heavy (non-hydrogen) atoms. The van der Waals surface area contributed by atoms with Crippen molar-refractivity contribution in [2.24, 2.45) is 5.73 Å². The molecule has 0 aromatic heterocycles. The third kappa shape index (κ3) is 6.00. The molecular formula is C9H22ClN3O2S. The van der Waals surface area contributed by atoms with Gasteiger partial charge >= 0.3 is 0 Å². The van der Waals surface area contributed by atoms with E-state index in [-0.39, 0.29) is 30.5 Å². The van der Waals surface area contributed by atoms with Crippen LogP contribution in [0.2, 0.25) is 0 Å². The summed E-state index contributed by atoms with van der Waals surface area (Å²) in [6.07, 6.45) is 3.46. The standard InChI is InChI=1S/C9H21N3O2S.ClH/c1-7(2)11-15(13,14)12-9-5-3-8(10)4-6-9;/h7-9,11-12H,3-6,10H2,1-2H3;1H. The van der Waals surface area contributed by atoms with E-state index in [1.807, 2.05) is 0 Å². The maximum Gasteiger partial charge on any atom is 0.277 e. The second-order valence-corrected chi connectivity index (χ2v) is 5.98. The van der Waals surface area contributed by atoms with Crippen LogP contribution in [-0.2, 0) is 10.2 Å². The van der Waals surface area contributed by atoms with E-state index >= 15 is 0 Å². The maximum absolute atomic E-state index is 11.5. The Morgan fingerprint density at radius 3 is 2.12 bits per heavy atom. The normalized spacial score (nSPS) is 26.5. The van der Waals surface area contributed by atoms with Gasteiger partial charge in [0.15, 0.2) is 0 Å². The molecule has 0 heterocycles. The zero-order valence-corrected chi connectivity index (χ0v) is 11.4. The van der Waals surface area contributed by atoms with E-state index in [2.05, 4.69) is 9.44 Å². The molecule has 0 aliphatic heterocycles. The van der Waals surface area contributed by atoms with Crippen LogP contribution in [0, 0.1) is 0 Å². The zero-order valence-electron chi connectivity index (χ0n) is 9.77. The molecule has 0 unspecified atom stereocenters. The number of nitrogens with two attached hydrogens (primary N) is 1. The van der Waals surface area contributed by atoms with E-state index in [0.717, 1.165) is 25.7 Å². The van der Waals surface area contributed by atoms with Crippen molar-refractivity contribution in [3.63, 3.8) is 0 Å². The largest absolute Gasteiger partial charge is 0.328 e. The number of halogens is 1. The lowest BCUT2D eigenvalue weighted by atomic mass is 9.93. The first-order valence-electron chi connectivity index (χ1n) is 5.44. The highest BCUT2D eigenvalue weighted by Crippen LogP contribution is 2.17. The Kier molecular flexibility index (Phi) is 6.81. The molecule has 4 N–H and O–H groups in total. The van der Waals surface area contributed by atoms with Crippen LogP contribution in [0.1, 0.15) is 39.5 Å². The second kappa shape index (κ2) is 6.76. The average Bonchev–Trinajstić information content (AvgIpc) is 2.06. The van der Waals surface area contributed by atoms with Gasteiger partial charge in [0.25, 0.3) is 10.2 Å². The van der Waals surface area contributed by atoms with Crippen LogP contribution in [-0.4, -0.2) is 26.5 Å². The van der Waals surface area contributed by atoms with Crippen molar-refractivity contribution in [3.05, 3.63) is 0 Å². The van der Waals surface area contributed by atoms with Gasteiger partial charge in [-0.05, 0) is 39.5 Å². The average molecular weight is 272 g/mol. The second-order valence-electron chi connectivity index (χ2n) is 4.51. The van der Waals surface area contributed by atoms with Crippen molar-refractivity contribution < 1.29 is 8.42 Å². The lowest BCUT2D eigenvalue weighted by molar-refractivity contribution is 0.371. The fraction of sp³-hybridized carbons (Fsp3) is 1.00. The van der Waals surface area contributed by atoms with Gasteiger partial charge in [-0.1, -0.05) is 0 Å². The fourth-order valence-corrected chi connectivity index (χ4v) is 3.16. The van der Waals surface area contributed by atoms with Crippen molar-refractivity contribution in [1.82, 2.24) is 9.44 Å². The highest BCUT2D eigenvalue weighted by atomic mass is 35.5. The van der Waals surface area contributed by atoms with Crippen molar-refractivity contribution in [2.75, 3.05) is 0 Å². The van der Waals surface area contributed by atoms with E-state index in [9.17, 15) is 8.42 Å². The molecule has 0 saturated heterocycles. The van der Waals surface area contributed by atoms with Gasteiger partial charge in [-0.15, -0.1) is 12.4 Å². The smallest absolute Gasteiger partial charge is 0.277 e. The summed E-state index contributed by atoms with van der Waals surface area (Å²) in [5.41, 5.74) is 5.75. The molecule has 5 nitrogen and oxygen atoms in total. The first-order chi connectivity index (χ1) is 6.89. The van der Waals surface area contributed by atoms with Crippen LogP contribution in [0.4, 0.5) is 0 Å². The highest BCUT2D eigenvalue weighted by molar-refractivity contribution is 7.87. The Labute approximate surface area is 104 Å². The molecule has 0 aromatic rings. The minimum atomic E-state index is -3.34. The first-order valence-corrected chi connectivity index (χ1v) is 6.92. The summed E-state index contributed by atoms with van der Waals surface area (Å²) in [7, 11) is -3.34. The van der Waals surface area contributed by atoms with Crippen molar-refractivity contribution >= 4 is 22.6 Å². The number of hydrogen-bond acceptors (Lipinski definition) is 3. The molecular weight excluding hydrogens is 250 g/mol. The summed E-state index contributed by atoms with van der Waals surface area (Å²) >= 11 is 0. The molecule has 0 spiro atoms. The number of hydrogen-bond donors (Lipinski definition) is 3. The van der Waals surface area contributed by atoms with Crippen LogP contribution in [0.3, 0.4) is 0 Å². The van der Waals surface area contributed by atoms with E-state index in [1.165, 1.54) is 0 Å². The Bertz CT molecular complexity index is 287. The molecule has 0 aromatic carbocycles. The van der Waals surface area contributed by atoms with Crippen LogP contribution in [0.15, 0.2) is 0 Å². The van der Waals surface area contributed by atoms with Crippen molar-refractivity contribution in [2.45, 2.75) is 57.7 Å². The number of nitrogens with one attached hydrogen (secondary N) is 2. The lowest BCUT2D eigenvalue weighted by Crippen LogP contribution is -2.47. The van der Waals surface area contributed by atoms with Crippen LogP contribution >= 0.6 is 12.4 Å². The predicted molar refractivity (Wildman–Crippen MR) is 67.8 cm³/mol. The maximum atomic E-state index is 11.5. The first kappa shape index (κ1) is 16.1. The van der Waals surface area contributed by atoms with Crippen LogP contribution < -0.4 is 15.2 Å². The summed E-state index contributed by atoms with van der Waals surface area (Å²) in [5.74, 6) is 0. The van der Waals surface area contributed by atoms with Gasteiger partial charge in [-0.25, -0.2) is 0 Å². The molecule has 1 saturated carbocycles. The molecule has 1 aliphatic rings. The Morgan fingerprint density at radius 2 is 1.69 bits per heavy atom. The zero-order chi connectivity index (χ0) is 11.5. The summed E-state index contributed by atoms with van der Waals surface area (Å²) in [6, 6.07) is 0.207. The molecule has 0 amide bonds. The van der Waals surface area contributed by atoms with Gasteiger partial charge in [0.1, 0.15) is 0 Å². The monoisotopic (exact) mass is 271 g/mol. The minimum Gasteiger partial charge on any atom is -0.328 e. The quantitative estimate of drug-likeness (QED) is 0.697. The number of rotatable bonds is 4. The van der Waals surface area contributed by atoms with E-state index in [1.54, 1.807) is 13.8 Å². The molecule has 7 heteroatoms. The summed E-state index contributed by atoms with van der Waals surface area (Å²) in [6.45, 7) is 3.60. The lowest BCUT2D eigenvalue weighted by Gasteiger charge is -2.26. The van der Waals surface area contributed by atoms with E-state index < -0.39 is 10.2 Å². The van der Waals surface area contributed by atoms with Crippen molar-refractivity contribution in [3.8, 4) is 0 Å². The summed E-state index contributed by atoms with van der Waals surface area (Å²) in [5, 5.41) is 0. The molecule has 1 rings (SSSR count). The van der Waals surface area contributed by atoms with Crippen molar-refractivity contribution in [1.29, 1.82) is 0 Å². The van der Waals surface area contributed by atoms with Gasteiger partial charge in [0, 0.05) is 18.1 Å².